The van der Waals surface area contributed by atoms with Gasteiger partial charge in [0.1, 0.15) is 0 Å². The molecule has 1 aromatic rings. The van der Waals surface area contributed by atoms with Crippen molar-refractivity contribution >= 4 is 21.6 Å². The lowest BCUT2D eigenvalue weighted by Crippen LogP contribution is -2.26. The molecule has 2 rings (SSSR count). The lowest BCUT2D eigenvalue weighted by molar-refractivity contribution is -0.385. The maximum Gasteiger partial charge on any atom is 0.283 e. The van der Waals surface area contributed by atoms with Gasteiger partial charge in [0, 0.05) is 31.7 Å². The van der Waals surface area contributed by atoms with Gasteiger partial charge >= 0.3 is 0 Å². The minimum Gasteiger partial charge on any atom is -0.326 e. The van der Waals surface area contributed by atoms with Gasteiger partial charge in [0.2, 0.25) is 0 Å². The number of hydrogen-bond acceptors (Lipinski definition) is 4. The Labute approximate surface area is 108 Å². The van der Waals surface area contributed by atoms with Crippen molar-refractivity contribution in [3.8, 4) is 0 Å². The maximum atomic E-state index is 10.8. The molecular formula is C11H14BrN3O2. The second kappa shape index (κ2) is 5.12. The van der Waals surface area contributed by atoms with Gasteiger partial charge in [0.05, 0.1) is 9.40 Å². The van der Waals surface area contributed by atoms with E-state index in [0.29, 0.717) is 4.47 Å². The number of rotatable bonds is 3. The van der Waals surface area contributed by atoms with Crippen molar-refractivity contribution in [3.05, 3.63) is 38.3 Å². The van der Waals surface area contributed by atoms with E-state index < -0.39 is 0 Å². The molecule has 0 saturated carbocycles. The summed E-state index contributed by atoms with van der Waals surface area (Å²) in [6, 6.07) is 5.48. The Morgan fingerprint density at radius 1 is 1.59 bits per heavy atom. The van der Waals surface area contributed by atoms with Crippen LogP contribution >= 0.6 is 15.9 Å². The van der Waals surface area contributed by atoms with E-state index >= 15 is 0 Å². The van der Waals surface area contributed by atoms with E-state index in [0.717, 1.165) is 31.6 Å². The zero-order valence-corrected chi connectivity index (χ0v) is 10.9. The molecule has 6 heteroatoms. The fraction of sp³-hybridized carbons (Fsp3) is 0.455. The smallest absolute Gasteiger partial charge is 0.283 e. The molecule has 0 radical (unpaired) electrons. The first kappa shape index (κ1) is 12.5. The normalized spacial score (nSPS) is 20.7. The van der Waals surface area contributed by atoms with Crippen LogP contribution in [0.15, 0.2) is 22.7 Å². The third-order valence-corrected chi connectivity index (χ3v) is 3.59. The summed E-state index contributed by atoms with van der Waals surface area (Å²) in [7, 11) is 0. The van der Waals surface area contributed by atoms with Crippen molar-refractivity contribution in [2.24, 2.45) is 5.73 Å². The van der Waals surface area contributed by atoms with Crippen molar-refractivity contribution in [2.75, 3.05) is 13.1 Å². The second-order valence-electron chi connectivity index (χ2n) is 4.33. The SMILES string of the molecule is N[C@@H]1CCN(Cc2ccc(Br)c([N+](=O)[O-])c2)C1. The summed E-state index contributed by atoms with van der Waals surface area (Å²) in [6.07, 6.45) is 0.999. The number of likely N-dealkylation sites (tertiary alicyclic amines) is 1. The molecule has 0 spiro atoms. The summed E-state index contributed by atoms with van der Waals surface area (Å²) in [5.74, 6) is 0. The van der Waals surface area contributed by atoms with Crippen LogP contribution in [0.5, 0.6) is 0 Å². The lowest BCUT2D eigenvalue weighted by atomic mass is 10.2. The molecule has 5 nitrogen and oxygen atoms in total. The molecule has 0 aromatic heterocycles. The van der Waals surface area contributed by atoms with Gasteiger partial charge in [-0.05, 0) is 34.0 Å². The Hall–Kier alpha value is -0.980. The van der Waals surface area contributed by atoms with Gasteiger partial charge in [-0.2, -0.15) is 0 Å². The highest BCUT2D eigenvalue weighted by Gasteiger charge is 2.20. The van der Waals surface area contributed by atoms with Crippen molar-refractivity contribution < 1.29 is 4.92 Å². The van der Waals surface area contributed by atoms with Gasteiger partial charge in [0.15, 0.2) is 0 Å². The fourth-order valence-electron chi connectivity index (χ4n) is 2.06. The third kappa shape index (κ3) is 3.02. The second-order valence-corrected chi connectivity index (χ2v) is 5.18. The molecule has 0 aliphatic carbocycles. The van der Waals surface area contributed by atoms with E-state index in [2.05, 4.69) is 20.8 Å². The van der Waals surface area contributed by atoms with Gasteiger partial charge in [0.25, 0.3) is 5.69 Å². The van der Waals surface area contributed by atoms with Crippen molar-refractivity contribution in [3.63, 3.8) is 0 Å². The van der Waals surface area contributed by atoms with Crippen LogP contribution in [0.25, 0.3) is 0 Å². The highest BCUT2D eigenvalue weighted by atomic mass is 79.9. The average molecular weight is 300 g/mol. The predicted molar refractivity (Wildman–Crippen MR) is 68.7 cm³/mol. The van der Waals surface area contributed by atoms with Crippen molar-refractivity contribution in [1.29, 1.82) is 0 Å². The monoisotopic (exact) mass is 299 g/mol. The van der Waals surface area contributed by atoms with Gasteiger partial charge in [-0.3, -0.25) is 15.0 Å². The number of halogens is 1. The third-order valence-electron chi connectivity index (χ3n) is 2.92. The van der Waals surface area contributed by atoms with Crippen LogP contribution in [0.3, 0.4) is 0 Å². The lowest BCUT2D eigenvalue weighted by Gasteiger charge is -2.14. The molecular weight excluding hydrogens is 286 g/mol. The summed E-state index contributed by atoms with van der Waals surface area (Å²) in [6.45, 7) is 2.55. The van der Waals surface area contributed by atoms with Crippen LogP contribution in [0, 0.1) is 10.1 Å². The van der Waals surface area contributed by atoms with E-state index in [1.54, 1.807) is 12.1 Å². The molecule has 1 aromatic carbocycles. The van der Waals surface area contributed by atoms with Crippen molar-refractivity contribution in [1.82, 2.24) is 4.90 Å². The summed E-state index contributed by atoms with van der Waals surface area (Å²) >= 11 is 3.18. The highest BCUT2D eigenvalue weighted by molar-refractivity contribution is 9.10. The largest absolute Gasteiger partial charge is 0.326 e. The quantitative estimate of drug-likeness (QED) is 0.683. The standard InChI is InChI=1S/C11H14BrN3O2/c12-10-2-1-8(5-11(10)15(16)17)6-14-4-3-9(13)7-14/h1-2,5,9H,3-4,6-7,13H2/t9-/m1/s1. The Bertz CT molecular complexity index is 439. The molecule has 2 N–H and O–H groups in total. The molecule has 1 atom stereocenters. The minimum atomic E-state index is -0.372. The highest BCUT2D eigenvalue weighted by Crippen LogP contribution is 2.26. The van der Waals surface area contributed by atoms with Crippen LogP contribution in [-0.4, -0.2) is 29.0 Å². The molecule has 1 saturated heterocycles. The van der Waals surface area contributed by atoms with Crippen molar-refractivity contribution in [2.45, 2.75) is 19.0 Å². The summed E-state index contributed by atoms with van der Waals surface area (Å²) < 4.78 is 0.518. The Morgan fingerprint density at radius 2 is 2.35 bits per heavy atom. The minimum absolute atomic E-state index is 0.117. The Balaban J connectivity index is 2.11. The molecule has 0 unspecified atom stereocenters. The van der Waals surface area contributed by atoms with Gasteiger partial charge in [-0.15, -0.1) is 0 Å². The summed E-state index contributed by atoms with van der Waals surface area (Å²) in [4.78, 5) is 12.7. The van der Waals surface area contributed by atoms with Crippen LogP contribution in [-0.2, 0) is 6.54 Å². The van der Waals surface area contributed by atoms with Gasteiger partial charge in [-0.1, -0.05) is 6.07 Å². The molecule has 1 heterocycles. The number of nitro benzene ring substituents is 1. The Morgan fingerprint density at radius 3 is 2.94 bits per heavy atom. The van der Waals surface area contributed by atoms with Crippen LogP contribution in [0.1, 0.15) is 12.0 Å². The van der Waals surface area contributed by atoms with Gasteiger partial charge in [-0.25, -0.2) is 0 Å². The van der Waals surface area contributed by atoms with E-state index in [9.17, 15) is 10.1 Å². The molecule has 1 aliphatic heterocycles. The molecule has 0 bridgehead atoms. The topological polar surface area (TPSA) is 72.4 Å². The first-order valence-electron chi connectivity index (χ1n) is 5.47. The number of nitrogens with two attached hydrogens (primary N) is 1. The zero-order valence-electron chi connectivity index (χ0n) is 9.30. The number of benzene rings is 1. The van der Waals surface area contributed by atoms with Crippen LogP contribution in [0.2, 0.25) is 0 Å². The summed E-state index contributed by atoms with van der Waals surface area (Å²) in [5, 5.41) is 10.8. The van der Waals surface area contributed by atoms with Gasteiger partial charge < -0.3 is 5.73 Å². The van der Waals surface area contributed by atoms with Crippen LogP contribution < -0.4 is 5.73 Å². The number of nitrogens with zero attached hydrogens (tertiary/aromatic N) is 2. The number of nitro groups is 1. The predicted octanol–water partition coefficient (Wildman–Crippen LogP) is 1.89. The van der Waals surface area contributed by atoms with Crippen LogP contribution in [0.4, 0.5) is 5.69 Å². The number of hydrogen-bond donors (Lipinski definition) is 1. The van der Waals surface area contributed by atoms with E-state index in [4.69, 9.17) is 5.73 Å². The molecule has 17 heavy (non-hydrogen) atoms. The fourth-order valence-corrected chi connectivity index (χ4v) is 2.45. The first-order chi connectivity index (χ1) is 8.06. The van der Waals surface area contributed by atoms with E-state index in [1.165, 1.54) is 0 Å². The first-order valence-corrected chi connectivity index (χ1v) is 6.26. The maximum absolute atomic E-state index is 10.8. The van der Waals surface area contributed by atoms with E-state index in [1.807, 2.05) is 6.07 Å². The van der Waals surface area contributed by atoms with E-state index in [-0.39, 0.29) is 16.7 Å². The molecule has 1 fully saturated rings. The Kier molecular flexibility index (Phi) is 3.76. The average Bonchev–Trinajstić information content (AvgIpc) is 2.66. The summed E-state index contributed by atoms with van der Waals surface area (Å²) in [5.41, 5.74) is 6.89. The molecule has 0 amide bonds. The zero-order chi connectivity index (χ0) is 12.4. The molecule has 1 aliphatic rings. The molecule has 92 valence electrons.